The van der Waals surface area contributed by atoms with Crippen LogP contribution in [0.5, 0.6) is 11.5 Å². The summed E-state index contributed by atoms with van der Waals surface area (Å²) in [5, 5.41) is 3.55. The molecule has 0 unspecified atom stereocenters. The second-order valence-corrected chi connectivity index (χ2v) is 9.73. The van der Waals surface area contributed by atoms with E-state index in [1.165, 1.54) is 11.1 Å². The molecule has 0 aromatic heterocycles. The van der Waals surface area contributed by atoms with Crippen LogP contribution in [-0.2, 0) is 18.5 Å². The van der Waals surface area contributed by atoms with Crippen molar-refractivity contribution in [3.05, 3.63) is 59.2 Å². The zero-order chi connectivity index (χ0) is 21.4. The van der Waals surface area contributed by atoms with Crippen LogP contribution in [0.3, 0.4) is 0 Å². The fraction of sp³-hybridized carbons (Fsp3) is 0.538. The summed E-state index contributed by atoms with van der Waals surface area (Å²) < 4.78 is 12.0. The SMILES string of the molecule is CC(C)COc1ccc(CNCc2ccc(C(C)(C)C)cc2)c(OCC(C)C)c1. The topological polar surface area (TPSA) is 30.5 Å². The molecule has 0 radical (unpaired) electrons. The number of nitrogens with one attached hydrogen (secondary N) is 1. The molecular weight excluding hydrogens is 358 g/mol. The van der Waals surface area contributed by atoms with Crippen molar-refractivity contribution >= 4 is 0 Å². The molecule has 0 bridgehead atoms. The van der Waals surface area contributed by atoms with Crippen molar-refractivity contribution in [2.75, 3.05) is 13.2 Å². The highest BCUT2D eigenvalue weighted by atomic mass is 16.5. The molecule has 0 atom stereocenters. The lowest BCUT2D eigenvalue weighted by molar-refractivity contribution is 0.256. The summed E-state index contributed by atoms with van der Waals surface area (Å²) in [6.45, 7) is 18.4. The van der Waals surface area contributed by atoms with E-state index in [2.05, 4.69) is 84.1 Å². The van der Waals surface area contributed by atoms with E-state index >= 15 is 0 Å². The molecule has 0 aliphatic carbocycles. The van der Waals surface area contributed by atoms with Gasteiger partial charge in [-0.25, -0.2) is 0 Å². The fourth-order valence-electron chi connectivity index (χ4n) is 2.89. The molecule has 0 saturated carbocycles. The number of benzene rings is 2. The summed E-state index contributed by atoms with van der Waals surface area (Å²) in [7, 11) is 0. The lowest BCUT2D eigenvalue weighted by Gasteiger charge is -2.19. The van der Waals surface area contributed by atoms with Gasteiger partial charge in [-0.1, -0.05) is 78.8 Å². The van der Waals surface area contributed by atoms with Crippen LogP contribution in [-0.4, -0.2) is 13.2 Å². The minimum absolute atomic E-state index is 0.188. The van der Waals surface area contributed by atoms with Crippen LogP contribution in [0, 0.1) is 11.8 Å². The highest BCUT2D eigenvalue weighted by Crippen LogP contribution is 2.26. The summed E-state index contributed by atoms with van der Waals surface area (Å²) >= 11 is 0. The van der Waals surface area contributed by atoms with Crippen LogP contribution in [0.2, 0.25) is 0 Å². The first-order valence-electron chi connectivity index (χ1n) is 10.8. The van der Waals surface area contributed by atoms with Crippen molar-refractivity contribution in [2.24, 2.45) is 11.8 Å². The van der Waals surface area contributed by atoms with E-state index in [4.69, 9.17) is 9.47 Å². The average Bonchev–Trinajstić information content (AvgIpc) is 2.65. The van der Waals surface area contributed by atoms with E-state index in [1.54, 1.807) is 0 Å². The molecule has 3 heteroatoms. The van der Waals surface area contributed by atoms with Crippen molar-refractivity contribution in [3.8, 4) is 11.5 Å². The molecule has 1 N–H and O–H groups in total. The lowest BCUT2D eigenvalue weighted by atomic mass is 9.87. The van der Waals surface area contributed by atoms with Crippen LogP contribution in [0.1, 0.15) is 65.2 Å². The summed E-state index contributed by atoms with van der Waals surface area (Å²) in [5.74, 6) is 2.77. The molecule has 2 aromatic rings. The van der Waals surface area contributed by atoms with Crippen LogP contribution >= 0.6 is 0 Å². The van der Waals surface area contributed by atoms with Gasteiger partial charge in [0.25, 0.3) is 0 Å². The minimum Gasteiger partial charge on any atom is -0.493 e. The third-order valence-electron chi connectivity index (χ3n) is 4.66. The standard InChI is InChI=1S/C26H39NO2/c1-19(2)17-28-24-13-10-22(25(14-24)29-18-20(3)4)16-27-15-21-8-11-23(12-9-21)26(5,6)7/h8-14,19-20,27H,15-18H2,1-7H3. The Morgan fingerprint density at radius 3 is 2.00 bits per heavy atom. The third kappa shape index (κ3) is 8.10. The maximum absolute atomic E-state index is 6.08. The molecule has 0 aliphatic heterocycles. The summed E-state index contributed by atoms with van der Waals surface area (Å²) in [6, 6.07) is 15.1. The van der Waals surface area contributed by atoms with Gasteiger partial charge in [-0.2, -0.15) is 0 Å². The summed E-state index contributed by atoms with van der Waals surface area (Å²) in [6.07, 6.45) is 0. The van der Waals surface area contributed by atoms with Gasteiger partial charge in [0.1, 0.15) is 11.5 Å². The second-order valence-electron chi connectivity index (χ2n) is 9.73. The molecule has 0 fully saturated rings. The van der Waals surface area contributed by atoms with Gasteiger partial charge in [0, 0.05) is 24.7 Å². The van der Waals surface area contributed by atoms with E-state index in [0.29, 0.717) is 25.0 Å². The quantitative estimate of drug-likeness (QED) is 0.507. The Balaban J connectivity index is 2.00. The van der Waals surface area contributed by atoms with Gasteiger partial charge >= 0.3 is 0 Å². The Kier molecular flexibility index (Phi) is 8.58. The summed E-state index contributed by atoms with van der Waals surface area (Å²) in [4.78, 5) is 0. The molecule has 0 aliphatic rings. The third-order valence-corrected chi connectivity index (χ3v) is 4.66. The van der Waals surface area contributed by atoms with Gasteiger partial charge in [-0.15, -0.1) is 0 Å². The number of hydrogen-bond donors (Lipinski definition) is 1. The monoisotopic (exact) mass is 397 g/mol. The second kappa shape index (κ2) is 10.7. The largest absolute Gasteiger partial charge is 0.493 e. The van der Waals surface area contributed by atoms with Crippen LogP contribution in [0.15, 0.2) is 42.5 Å². The molecule has 0 heterocycles. The molecule has 0 amide bonds. The van der Waals surface area contributed by atoms with Crippen molar-refractivity contribution in [1.82, 2.24) is 5.32 Å². The van der Waals surface area contributed by atoms with Crippen LogP contribution < -0.4 is 14.8 Å². The molecule has 0 spiro atoms. The zero-order valence-corrected chi connectivity index (χ0v) is 19.3. The molecule has 3 nitrogen and oxygen atoms in total. The predicted molar refractivity (Wildman–Crippen MR) is 123 cm³/mol. The van der Waals surface area contributed by atoms with Crippen molar-refractivity contribution in [1.29, 1.82) is 0 Å². The van der Waals surface area contributed by atoms with Gasteiger partial charge < -0.3 is 14.8 Å². The average molecular weight is 398 g/mol. The van der Waals surface area contributed by atoms with Gasteiger partial charge in [-0.3, -0.25) is 0 Å². The maximum atomic E-state index is 6.08. The van der Waals surface area contributed by atoms with Gasteiger partial charge in [0.05, 0.1) is 13.2 Å². The predicted octanol–water partition coefficient (Wildman–Crippen LogP) is 6.34. The summed E-state index contributed by atoms with van der Waals surface area (Å²) in [5.41, 5.74) is 4.00. The Morgan fingerprint density at radius 1 is 0.793 bits per heavy atom. The van der Waals surface area contributed by atoms with E-state index in [0.717, 1.165) is 30.2 Å². The number of rotatable bonds is 10. The highest BCUT2D eigenvalue weighted by Gasteiger charge is 2.13. The Morgan fingerprint density at radius 2 is 1.41 bits per heavy atom. The molecule has 2 aromatic carbocycles. The number of hydrogen-bond acceptors (Lipinski definition) is 3. The van der Waals surface area contributed by atoms with Crippen molar-refractivity contribution in [3.63, 3.8) is 0 Å². The molecule has 2 rings (SSSR count). The van der Waals surface area contributed by atoms with Gasteiger partial charge in [-0.05, 0) is 34.4 Å². The Hall–Kier alpha value is -2.00. The van der Waals surface area contributed by atoms with Crippen LogP contribution in [0.25, 0.3) is 0 Å². The van der Waals surface area contributed by atoms with E-state index < -0.39 is 0 Å². The zero-order valence-electron chi connectivity index (χ0n) is 19.3. The lowest BCUT2D eigenvalue weighted by Crippen LogP contribution is -2.15. The first-order valence-corrected chi connectivity index (χ1v) is 10.8. The molecular formula is C26H39NO2. The fourth-order valence-corrected chi connectivity index (χ4v) is 2.89. The number of ether oxygens (including phenoxy) is 2. The molecule has 160 valence electrons. The normalized spacial score (nSPS) is 11.9. The first kappa shape index (κ1) is 23.3. The van der Waals surface area contributed by atoms with E-state index in [1.807, 2.05) is 12.1 Å². The minimum atomic E-state index is 0.188. The maximum Gasteiger partial charge on any atom is 0.127 e. The Labute approximate surface area is 177 Å². The van der Waals surface area contributed by atoms with Gasteiger partial charge in [0.2, 0.25) is 0 Å². The smallest absolute Gasteiger partial charge is 0.127 e. The molecule has 0 saturated heterocycles. The molecule has 29 heavy (non-hydrogen) atoms. The van der Waals surface area contributed by atoms with E-state index in [9.17, 15) is 0 Å². The van der Waals surface area contributed by atoms with Crippen LogP contribution in [0.4, 0.5) is 0 Å². The first-order chi connectivity index (χ1) is 13.6. The van der Waals surface area contributed by atoms with E-state index in [-0.39, 0.29) is 5.41 Å². The highest BCUT2D eigenvalue weighted by molar-refractivity contribution is 5.41. The van der Waals surface area contributed by atoms with Gasteiger partial charge in [0.15, 0.2) is 0 Å². The van der Waals surface area contributed by atoms with Crippen molar-refractivity contribution in [2.45, 2.75) is 67.0 Å². The Bertz CT molecular complexity index is 742. The van der Waals surface area contributed by atoms with Crippen molar-refractivity contribution < 1.29 is 9.47 Å².